The van der Waals surface area contributed by atoms with Crippen LogP contribution in [0, 0.1) is 5.92 Å². The summed E-state index contributed by atoms with van der Waals surface area (Å²) in [6.07, 6.45) is -1.27. The van der Waals surface area contributed by atoms with Crippen molar-refractivity contribution in [1.82, 2.24) is 0 Å². The van der Waals surface area contributed by atoms with Crippen LogP contribution in [0.5, 0.6) is 0 Å². The average molecular weight is 164 g/mol. The minimum atomic E-state index is -2.33. The van der Waals surface area contributed by atoms with Crippen LogP contribution >= 0.6 is 0 Å². The second-order valence-corrected chi connectivity index (χ2v) is 3.52. The van der Waals surface area contributed by atoms with Gasteiger partial charge in [0.05, 0.1) is 0 Å². The fourth-order valence-corrected chi connectivity index (χ4v) is 1.54. The third-order valence-corrected chi connectivity index (χ3v) is 2.57. The number of nitrogens with two attached hydrogens (primary N) is 2. The van der Waals surface area contributed by atoms with E-state index in [1.807, 2.05) is 0 Å². The lowest BCUT2D eigenvalue weighted by atomic mass is 9.67. The maximum Gasteiger partial charge on any atom is 0.242 e. The van der Waals surface area contributed by atoms with Gasteiger partial charge in [-0.25, -0.2) is 8.78 Å². The van der Waals surface area contributed by atoms with E-state index < -0.39 is 17.9 Å². The van der Waals surface area contributed by atoms with Gasteiger partial charge in [0, 0.05) is 17.5 Å². The zero-order chi connectivity index (χ0) is 8.65. The fraction of sp³-hybridized carbons (Fsp3) is 1.00. The summed E-state index contributed by atoms with van der Waals surface area (Å²) in [7, 11) is 0. The van der Waals surface area contributed by atoms with Crippen molar-refractivity contribution < 1.29 is 8.78 Å². The van der Waals surface area contributed by atoms with Gasteiger partial charge in [-0.1, -0.05) is 6.92 Å². The molecular formula is C7H14F2N2. The van der Waals surface area contributed by atoms with Crippen molar-refractivity contribution in [2.45, 2.75) is 37.8 Å². The third kappa shape index (κ3) is 1.51. The van der Waals surface area contributed by atoms with Gasteiger partial charge < -0.3 is 11.5 Å². The summed E-state index contributed by atoms with van der Waals surface area (Å²) in [5.41, 5.74) is 10.4. The predicted molar refractivity (Wildman–Crippen MR) is 39.3 cm³/mol. The first-order chi connectivity index (χ1) is 4.96. The Hall–Kier alpha value is -0.220. The average Bonchev–Trinajstić information content (AvgIpc) is 1.83. The van der Waals surface area contributed by atoms with Crippen molar-refractivity contribution in [3.05, 3.63) is 0 Å². The summed E-state index contributed by atoms with van der Waals surface area (Å²) in [6, 6.07) is 0.0289. The van der Waals surface area contributed by atoms with Gasteiger partial charge in [0.2, 0.25) is 6.43 Å². The minimum Gasteiger partial charge on any atom is -0.328 e. The predicted octanol–water partition coefficient (Wildman–Crippen LogP) is 0.706. The number of hydrogen-bond acceptors (Lipinski definition) is 2. The zero-order valence-corrected chi connectivity index (χ0v) is 6.56. The Balaban J connectivity index is 2.47. The molecule has 0 radical (unpaired) electrons. The molecule has 1 aliphatic carbocycles. The van der Waals surface area contributed by atoms with E-state index in [-0.39, 0.29) is 6.04 Å². The highest BCUT2D eigenvalue weighted by molar-refractivity contribution is 5.04. The van der Waals surface area contributed by atoms with Crippen LogP contribution in [0.2, 0.25) is 0 Å². The second kappa shape index (κ2) is 2.68. The Morgan fingerprint density at radius 2 is 1.91 bits per heavy atom. The van der Waals surface area contributed by atoms with Gasteiger partial charge in [-0.2, -0.15) is 0 Å². The monoisotopic (exact) mass is 164 g/mol. The minimum absolute atomic E-state index is 0.0289. The highest BCUT2D eigenvalue weighted by Gasteiger charge is 2.46. The van der Waals surface area contributed by atoms with Crippen molar-refractivity contribution in [1.29, 1.82) is 0 Å². The molecule has 0 aromatic carbocycles. The normalized spacial score (nSPS) is 40.4. The van der Waals surface area contributed by atoms with E-state index >= 15 is 0 Å². The van der Waals surface area contributed by atoms with Crippen molar-refractivity contribution in [2.75, 3.05) is 0 Å². The third-order valence-electron chi connectivity index (χ3n) is 2.57. The summed E-state index contributed by atoms with van der Waals surface area (Å²) < 4.78 is 24.3. The molecule has 1 rings (SSSR count). The summed E-state index contributed by atoms with van der Waals surface area (Å²) >= 11 is 0. The van der Waals surface area contributed by atoms with Gasteiger partial charge in [-0.3, -0.25) is 0 Å². The number of halogens is 2. The van der Waals surface area contributed by atoms with E-state index in [0.29, 0.717) is 12.8 Å². The lowest BCUT2D eigenvalue weighted by molar-refractivity contribution is 0.00346. The molecule has 4 heteroatoms. The molecule has 1 unspecified atom stereocenters. The van der Waals surface area contributed by atoms with E-state index in [1.54, 1.807) is 0 Å². The van der Waals surface area contributed by atoms with Gasteiger partial charge in [-0.15, -0.1) is 0 Å². The molecule has 0 saturated heterocycles. The highest BCUT2D eigenvalue weighted by atomic mass is 19.3. The van der Waals surface area contributed by atoms with Gasteiger partial charge in [-0.05, 0) is 12.8 Å². The molecule has 1 saturated carbocycles. The first-order valence-electron chi connectivity index (χ1n) is 3.78. The zero-order valence-electron chi connectivity index (χ0n) is 6.56. The van der Waals surface area contributed by atoms with Crippen LogP contribution in [0.1, 0.15) is 19.8 Å². The molecule has 2 nitrogen and oxygen atoms in total. The van der Waals surface area contributed by atoms with Crippen LogP contribution in [-0.2, 0) is 0 Å². The van der Waals surface area contributed by atoms with Gasteiger partial charge in [0.15, 0.2) is 0 Å². The summed E-state index contributed by atoms with van der Waals surface area (Å²) in [5, 5.41) is 0. The maximum atomic E-state index is 12.2. The van der Waals surface area contributed by atoms with Crippen molar-refractivity contribution >= 4 is 0 Å². The van der Waals surface area contributed by atoms with Crippen LogP contribution < -0.4 is 11.5 Å². The Labute approximate surface area is 64.9 Å². The topological polar surface area (TPSA) is 52.0 Å². The van der Waals surface area contributed by atoms with Crippen molar-refractivity contribution in [3.63, 3.8) is 0 Å². The quantitative estimate of drug-likeness (QED) is 0.631. The molecule has 66 valence electrons. The second-order valence-electron chi connectivity index (χ2n) is 3.52. The van der Waals surface area contributed by atoms with Crippen LogP contribution in [-0.4, -0.2) is 18.0 Å². The van der Waals surface area contributed by atoms with E-state index in [1.165, 1.54) is 6.92 Å². The number of hydrogen-bond donors (Lipinski definition) is 2. The van der Waals surface area contributed by atoms with E-state index in [9.17, 15) is 8.78 Å². The highest BCUT2D eigenvalue weighted by Crippen LogP contribution is 2.37. The van der Waals surface area contributed by atoms with Crippen LogP contribution in [0.4, 0.5) is 8.78 Å². The Kier molecular flexibility index (Phi) is 2.16. The van der Waals surface area contributed by atoms with E-state index in [4.69, 9.17) is 11.5 Å². The smallest absolute Gasteiger partial charge is 0.242 e. The number of rotatable bonds is 2. The molecule has 0 amide bonds. The van der Waals surface area contributed by atoms with Crippen molar-refractivity contribution in [3.8, 4) is 0 Å². The molecule has 11 heavy (non-hydrogen) atoms. The van der Waals surface area contributed by atoms with E-state index in [0.717, 1.165) is 0 Å². The molecule has 0 aliphatic heterocycles. The van der Waals surface area contributed by atoms with Crippen LogP contribution in [0.15, 0.2) is 0 Å². The first-order valence-corrected chi connectivity index (χ1v) is 3.78. The largest absolute Gasteiger partial charge is 0.328 e. The molecular weight excluding hydrogens is 150 g/mol. The van der Waals surface area contributed by atoms with Gasteiger partial charge in [0.25, 0.3) is 0 Å². The lowest BCUT2D eigenvalue weighted by Gasteiger charge is -2.47. The first kappa shape index (κ1) is 8.87. The molecule has 1 fully saturated rings. The number of alkyl halides is 2. The molecule has 0 aromatic rings. The molecule has 0 heterocycles. The molecule has 0 spiro atoms. The van der Waals surface area contributed by atoms with E-state index in [2.05, 4.69) is 0 Å². The summed E-state index contributed by atoms with van der Waals surface area (Å²) in [6.45, 7) is 1.48. The summed E-state index contributed by atoms with van der Waals surface area (Å²) in [5.74, 6) is -0.734. The van der Waals surface area contributed by atoms with Crippen molar-refractivity contribution in [2.24, 2.45) is 17.4 Å². The standard InChI is InChI=1S/C7H14F2N2/c1-4(6(8)9)7(11)2-5(10)3-7/h4-6H,2-3,10-11H2,1H3. The van der Waals surface area contributed by atoms with Crippen LogP contribution in [0.3, 0.4) is 0 Å². The molecule has 1 aliphatic rings. The molecule has 4 N–H and O–H groups in total. The van der Waals surface area contributed by atoms with Crippen LogP contribution in [0.25, 0.3) is 0 Å². The van der Waals surface area contributed by atoms with Gasteiger partial charge in [0.1, 0.15) is 0 Å². The SMILES string of the molecule is CC(C(F)F)C1(N)CC(N)C1. The molecule has 0 aromatic heterocycles. The molecule has 1 atom stereocenters. The Morgan fingerprint density at radius 1 is 1.45 bits per heavy atom. The lowest BCUT2D eigenvalue weighted by Crippen LogP contribution is -2.62. The fourth-order valence-electron chi connectivity index (χ4n) is 1.54. The van der Waals surface area contributed by atoms with Gasteiger partial charge >= 0.3 is 0 Å². The maximum absolute atomic E-state index is 12.2. The Morgan fingerprint density at radius 3 is 2.18 bits per heavy atom. The molecule has 0 bridgehead atoms. The Bertz CT molecular complexity index is 143. The summed E-state index contributed by atoms with van der Waals surface area (Å²) in [4.78, 5) is 0.